The van der Waals surface area contributed by atoms with E-state index < -0.39 is 18.1 Å². The number of hydrogen-bond acceptors (Lipinski definition) is 7. The fourth-order valence-electron chi connectivity index (χ4n) is 6.11. The molecule has 0 saturated carbocycles. The number of aliphatic carboxylic acids is 1. The molecule has 0 bridgehead atoms. The summed E-state index contributed by atoms with van der Waals surface area (Å²) in [5, 5.41) is 11.6. The molecule has 8 nitrogen and oxygen atoms in total. The molecular weight excluding hydrogens is 715 g/mol. The SMILES string of the molecule is CC/C=C/C/C=C/C/C=C/C/C=C/CCCCCCCCCC(=O)OCC(COCCC(C(=O)[O-])[N+](C)(C)C)OC(=O)CC/C=C/C/C=C/CCCCCCCC. The van der Waals surface area contributed by atoms with Gasteiger partial charge in [-0.2, -0.15) is 0 Å². The van der Waals surface area contributed by atoms with E-state index in [9.17, 15) is 19.5 Å². The molecule has 0 saturated heterocycles. The van der Waals surface area contributed by atoms with Gasteiger partial charge in [0.15, 0.2) is 6.10 Å². The largest absolute Gasteiger partial charge is 0.544 e. The van der Waals surface area contributed by atoms with Crippen LogP contribution in [0.2, 0.25) is 0 Å². The first-order chi connectivity index (χ1) is 27.6. The first-order valence-corrected chi connectivity index (χ1v) is 22.5. The highest BCUT2D eigenvalue weighted by atomic mass is 16.6. The number of carboxylic acids is 1. The Kier molecular flexibility index (Phi) is 37.3. The van der Waals surface area contributed by atoms with Crippen molar-refractivity contribution in [3.05, 3.63) is 72.9 Å². The smallest absolute Gasteiger partial charge is 0.306 e. The molecule has 2 unspecified atom stereocenters. The van der Waals surface area contributed by atoms with Crippen molar-refractivity contribution in [3.8, 4) is 0 Å². The van der Waals surface area contributed by atoms with Gasteiger partial charge >= 0.3 is 11.9 Å². The summed E-state index contributed by atoms with van der Waals surface area (Å²) in [6.45, 7) is 4.45. The van der Waals surface area contributed by atoms with Crippen molar-refractivity contribution in [1.82, 2.24) is 0 Å². The molecule has 0 amide bonds. The highest BCUT2D eigenvalue weighted by Gasteiger charge is 2.25. The fraction of sp³-hybridized carbons (Fsp3) is 0.694. The maximum atomic E-state index is 12.7. The number of rotatable bonds is 39. The van der Waals surface area contributed by atoms with Crippen LogP contribution in [0.4, 0.5) is 0 Å². The van der Waals surface area contributed by atoms with Gasteiger partial charge in [0.05, 0.1) is 40.3 Å². The Balaban J connectivity index is 4.39. The summed E-state index contributed by atoms with van der Waals surface area (Å²) in [4.78, 5) is 36.8. The van der Waals surface area contributed by atoms with Crippen LogP contribution in [0.5, 0.6) is 0 Å². The molecule has 0 rings (SSSR count). The van der Waals surface area contributed by atoms with E-state index in [0.717, 1.165) is 70.6 Å². The lowest BCUT2D eigenvalue weighted by molar-refractivity contribution is -0.889. The zero-order valence-corrected chi connectivity index (χ0v) is 37.0. The van der Waals surface area contributed by atoms with Gasteiger partial charge in [-0.3, -0.25) is 9.59 Å². The van der Waals surface area contributed by atoms with E-state index in [1.54, 1.807) is 21.1 Å². The minimum atomic E-state index is -1.14. The van der Waals surface area contributed by atoms with Crippen molar-refractivity contribution in [2.75, 3.05) is 41.0 Å². The molecule has 0 heterocycles. The number of carboxylic acid groups (broad SMARTS) is 1. The molecule has 0 N–H and O–H groups in total. The molecule has 0 aromatic carbocycles. The number of esters is 2. The Morgan fingerprint density at radius 2 is 1.02 bits per heavy atom. The van der Waals surface area contributed by atoms with E-state index in [-0.39, 0.29) is 49.1 Å². The lowest BCUT2D eigenvalue weighted by atomic mass is 10.1. The number of allylic oxidation sites excluding steroid dienone is 12. The van der Waals surface area contributed by atoms with Gasteiger partial charge in [0.2, 0.25) is 0 Å². The zero-order chi connectivity index (χ0) is 42.1. The predicted molar refractivity (Wildman–Crippen MR) is 235 cm³/mol. The molecular formula is C49H83NO7. The Labute approximate surface area is 349 Å². The van der Waals surface area contributed by atoms with Crippen LogP contribution in [0.25, 0.3) is 0 Å². The summed E-state index contributed by atoms with van der Waals surface area (Å²) >= 11 is 0. The Morgan fingerprint density at radius 3 is 1.53 bits per heavy atom. The first kappa shape index (κ1) is 53.8. The minimum absolute atomic E-state index is 0.0114. The van der Waals surface area contributed by atoms with Gasteiger partial charge in [0, 0.05) is 19.3 Å². The molecule has 326 valence electrons. The standard InChI is InChI=1S/C49H83NO7/c1-6-8-10-12-14-16-18-20-21-22-23-24-25-26-28-29-31-33-35-37-39-47(51)56-44-45(43-55-42-41-46(49(53)54)50(3,4)5)57-48(52)40-38-36-34-32-30-27-19-17-15-13-11-9-7-2/h8,10,14,16,20-21,23-24,27,30,34,36,45-46H,6-7,9,11-13,15,17-19,22,25-26,28-29,31-33,35,37-44H2,1-5H3/b10-8+,16-14+,21-20+,24-23+,30-27+,36-34+. The average Bonchev–Trinajstić information content (AvgIpc) is 3.17. The van der Waals surface area contributed by atoms with Gasteiger partial charge in [0.25, 0.3) is 0 Å². The van der Waals surface area contributed by atoms with Crippen LogP contribution in [-0.2, 0) is 28.6 Å². The molecule has 0 aromatic heterocycles. The molecule has 0 radical (unpaired) electrons. The molecule has 0 aromatic rings. The normalized spacial score (nSPS) is 13.6. The van der Waals surface area contributed by atoms with Crippen molar-refractivity contribution >= 4 is 17.9 Å². The quantitative estimate of drug-likeness (QED) is 0.0264. The molecule has 0 spiro atoms. The van der Waals surface area contributed by atoms with Gasteiger partial charge in [-0.1, -0.05) is 151 Å². The van der Waals surface area contributed by atoms with Gasteiger partial charge < -0.3 is 28.6 Å². The second-order valence-electron chi connectivity index (χ2n) is 15.9. The average molecular weight is 798 g/mol. The van der Waals surface area contributed by atoms with Crippen molar-refractivity contribution in [2.45, 2.75) is 180 Å². The van der Waals surface area contributed by atoms with Gasteiger partial charge in [0.1, 0.15) is 12.6 Å². The Hall–Kier alpha value is -3.23. The zero-order valence-electron chi connectivity index (χ0n) is 37.0. The number of likely N-dealkylation sites (N-methyl/N-ethyl adjacent to an activating group) is 1. The van der Waals surface area contributed by atoms with Crippen LogP contribution < -0.4 is 5.11 Å². The van der Waals surface area contributed by atoms with E-state index in [1.807, 2.05) is 6.08 Å². The van der Waals surface area contributed by atoms with E-state index in [0.29, 0.717) is 12.8 Å². The van der Waals surface area contributed by atoms with Gasteiger partial charge in [-0.25, -0.2) is 0 Å². The molecule has 0 aliphatic heterocycles. The van der Waals surface area contributed by atoms with E-state index in [2.05, 4.69) is 80.7 Å². The number of nitrogens with zero attached hydrogens (tertiary/aromatic N) is 1. The number of carbonyl (C=O) groups excluding carboxylic acids is 3. The lowest BCUT2D eigenvalue weighted by Gasteiger charge is -2.34. The number of ether oxygens (including phenoxy) is 3. The van der Waals surface area contributed by atoms with Crippen LogP contribution in [0, 0.1) is 0 Å². The molecule has 2 atom stereocenters. The Morgan fingerprint density at radius 1 is 0.544 bits per heavy atom. The maximum Gasteiger partial charge on any atom is 0.306 e. The highest BCUT2D eigenvalue weighted by Crippen LogP contribution is 2.12. The van der Waals surface area contributed by atoms with Crippen LogP contribution in [-0.4, -0.2) is 75.5 Å². The van der Waals surface area contributed by atoms with Gasteiger partial charge in [-0.15, -0.1) is 0 Å². The molecule has 57 heavy (non-hydrogen) atoms. The van der Waals surface area contributed by atoms with E-state index >= 15 is 0 Å². The third-order valence-electron chi connectivity index (χ3n) is 9.59. The summed E-state index contributed by atoms with van der Waals surface area (Å²) in [7, 11) is 5.38. The highest BCUT2D eigenvalue weighted by molar-refractivity contribution is 5.70. The number of carbonyl (C=O) groups is 3. The fourth-order valence-corrected chi connectivity index (χ4v) is 6.11. The van der Waals surface area contributed by atoms with Crippen molar-refractivity contribution in [2.24, 2.45) is 0 Å². The van der Waals surface area contributed by atoms with Crippen LogP contribution >= 0.6 is 0 Å². The monoisotopic (exact) mass is 798 g/mol. The summed E-state index contributed by atoms with van der Waals surface area (Å²) in [6, 6.07) is -0.739. The van der Waals surface area contributed by atoms with Gasteiger partial charge in [-0.05, 0) is 70.6 Å². The summed E-state index contributed by atoms with van der Waals surface area (Å²) in [5.41, 5.74) is 0. The number of quaternary nitrogens is 1. The minimum Gasteiger partial charge on any atom is -0.544 e. The van der Waals surface area contributed by atoms with E-state index in [4.69, 9.17) is 14.2 Å². The summed E-state index contributed by atoms with van der Waals surface area (Å²) in [5.74, 6) is -1.84. The van der Waals surface area contributed by atoms with E-state index in [1.165, 1.54) is 57.8 Å². The van der Waals surface area contributed by atoms with Crippen molar-refractivity contribution in [1.29, 1.82) is 0 Å². The second-order valence-corrected chi connectivity index (χ2v) is 15.9. The third kappa shape index (κ3) is 38.1. The number of unbranched alkanes of at least 4 members (excludes halogenated alkanes) is 13. The Bertz CT molecular complexity index is 1160. The second kappa shape index (κ2) is 39.6. The molecule has 8 heteroatoms. The van der Waals surface area contributed by atoms with Crippen LogP contribution in [0.3, 0.4) is 0 Å². The molecule has 0 fully saturated rings. The van der Waals surface area contributed by atoms with Crippen molar-refractivity contribution < 1.29 is 38.2 Å². The molecule has 0 aliphatic rings. The topological polar surface area (TPSA) is 102 Å². The maximum absolute atomic E-state index is 12.7. The van der Waals surface area contributed by atoms with Crippen molar-refractivity contribution in [3.63, 3.8) is 0 Å². The molecule has 0 aliphatic carbocycles. The first-order valence-electron chi connectivity index (χ1n) is 22.5. The lowest BCUT2D eigenvalue weighted by Crippen LogP contribution is -2.55. The summed E-state index contributed by atoms with van der Waals surface area (Å²) < 4.78 is 17.1. The van der Waals surface area contributed by atoms with Crippen LogP contribution in [0.1, 0.15) is 168 Å². The number of hydrogen-bond donors (Lipinski definition) is 0. The van der Waals surface area contributed by atoms with Crippen LogP contribution in [0.15, 0.2) is 72.9 Å². The summed E-state index contributed by atoms with van der Waals surface area (Å²) in [6.07, 6.45) is 49.4. The third-order valence-corrected chi connectivity index (χ3v) is 9.59. The predicted octanol–water partition coefficient (Wildman–Crippen LogP) is 11.0.